The second kappa shape index (κ2) is 38.2. The van der Waals surface area contributed by atoms with Gasteiger partial charge < -0.3 is 19.3 Å². The molecule has 0 saturated heterocycles. The van der Waals surface area contributed by atoms with Crippen LogP contribution in [0.15, 0.2) is 72.9 Å². The minimum Gasteiger partial charge on any atom is -0.462 e. The van der Waals surface area contributed by atoms with E-state index in [0.717, 1.165) is 77.0 Å². The van der Waals surface area contributed by atoms with E-state index in [1.165, 1.54) is 51.4 Å². The number of unbranched alkanes of at least 4 members (excludes halogenated alkanes) is 14. The third-order valence-corrected chi connectivity index (χ3v) is 8.68. The fourth-order valence-corrected chi connectivity index (χ4v) is 5.51. The Bertz CT molecular complexity index is 1070. The number of allylic oxidation sites excluding steroid dienone is 12. The molecule has 0 aromatic carbocycles. The van der Waals surface area contributed by atoms with Crippen molar-refractivity contribution in [3.63, 3.8) is 0 Å². The standard InChI is InChI=1S/C43H73O8P/c1-3-5-7-9-11-13-15-17-19-20-21-22-24-26-28-30-32-34-36-38-43(45)51-41(40-50-52(46,47)48)39-49-42(44)37-35-33-31-29-27-25-23-18-16-14-12-10-8-6-4-2/h11-14,17-19,21-23,26,28,41H,3-10,15-16,20,24-25,27,29-40H2,1-2H3,(H2,46,47,48)/b13-11-,14-12-,19-17-,22-21-,23-18-,28-26-/t41-/m1/s1. The number of carbonyl (C=O) groups is 2. The van der Waals surface area contributed by atoms with E-state index in [1.807, 2.05) is 0 Å². The van der Waals surface area contributed by atoms with Gasteiger partial charge in [-0.3, -0.25) is 14.1 Å². The van der Waals surface area contributed by atoms with Crippen LogP contribution in [0.1, 0.15) is 168 Å². The molecule has 0 radical (unpaired) electrons. The van der Waals surface area contributed by atoms with Crippen LogP contribution >= 0.6 is 7.82 Å². The second-order valence-electron chi connectivity index (χ2n) is 13.2. The first-order valence-corrected chi connectivity index (χ1v) is 21.8. The van der Waals surface area contributed by atoms with E-state index in [9.17, 15) is 14.2 Å². The zero-order valence-electron chi connectivity index (χ0n) is 32.7. The maximum absolute atomic E-state index is 12.4. The lowest BCUT2D eigenvalue weighted by Crippen LogP contribution is -2.29. The Labute approximate surface area is 317 Å². The predicted molar refractivity (Wildman–Crippen MR) is 216 cm³/mol. The van der Waals surface area contributed by atoms with Gasteiger partial charge in [-0.05, 0) is 89.9 Å². The van der Waals surface area contributed by atoms with Crippen molar-refractivity contribution in [1.82, 2.24) is 0 Å². The van der Waals surface area contributed by atoms with Gasteiger partial charge in [-0.25, -0.2) is 4.57 Å². The van der Waals surface area contributed by atoms with Crippen LogP contribution in [-0.4, -0.2) is 41.0 Å². The van der Waals surface area contributed by atoms with Crippen LogP contribution in [-0.2, 0) is 28.2 Å². The van der Waals surface area contributed by atoms with Gasteiger partial charge in [0.25, 0.3) is 0 Å². The zero-order chi connectivity index (χ0) is 38.2. The lowest BCUT2D eigenvalue weighted by molar-refractivity contribution is -0.161. The summed E-state index contributed by atoms with van der Waals surface area (Å²) in [7, 11) is -4.77. The molecule has 0 aliphatic carbocycles. The molecule has 0 aromatic rings. The minimum atomic E-state index is -4.77. The van der Waals surface area contributed by atoms with E-state index in [0.29, 0.717) is 12.8 Å². The third-order valence-electron chi connectivity index (χ3n) is 8.20. The van der Waals surface area contributed by atoms with Gasteiger partial charge in [-0.15, -0.1) is 0 Å². The lowest BCUT2D eigenvalue weighted by atomic mass is 10.1. The van der Waals surface area contributed by atoms with Gasteiger partial charge in [-0.1, -0.05) is 138 Å². The maximum atomic E-state index is 12.4. The molecular weight excluding hydrogens is 675 g/mol. The summed E-state index contributed by atoms with van der Waals surface area (Å²) >= 11 is 0. The molecule has 0 fully saturated rings. The summed E-state index contributed by atoms with van der Waals surface area (Å²) in [6.07, 6.45) is 49.0. The van der Waals surface area contributed by atoms with Crippen LogP contribution < -0.4 is 0 Å². The average Bonchev–Trinajstić information content (AvgIpc) is 3.11. The molecule has 8 nitrogen and oxygen atoms in total. The van der Waals surface area contributed by atoms with Crippen molar-refractivity contribution in [3.8, 4) is 0 Å². The fourth-order valence-electron chi connectivity index (χ4n) is 5.15. The highest BCUT2D eigenvalue weighted by Gasteiger charge is 2.22. The summed E-state index contributed by atoms with van der Waals surface area (Å²) in [5.41, 5.74) is 0. The van der Waals surface area contributed by atoms with Gasteiger partial charge in [0.2, 0.25) is 0 Å². The molecule has 0 saturated carbocycles. The van der Waals surface area contributed by atoms with Crippen molar-refractivity contribution < 1.29 is 37.9 Å². The minimum absolute atomic E-state index is 0.168. The van der Waals surface area contributed by atoms with Crippen LogP contribution in [0.25, 0.3) is 0 Å². The molecule has 0 aliphatic rings. The molecule has 298 valence electrons. The van der Waals surface area contributed by atoms with E-state index in [1.54, 1.807) is 0 Å². The van der Waals surface area contributed by atoms with Crippen LogP contribution in [0.4, 0.5) is 0 Å². The van der Waals surface area contributed by atoms with E-state index in [4.69, 9.17) is 19.3 Å². The number of phosphoric ester groups is 1. The van der Waals surface area contributed by atoms with Crippen molar-refractivity contribution in [2.45, 2.75) is 174 Å². The van der Waals surface area contributed by atoms with E-state index >= 15 is 0 Å². The molecule has 0 amide bonds. The highest BCUT2D eigenvalue weighted by atomic mass is 31.2. The topological polar surface area (TPSA) is 119 Å². The van der Waals surface area contributed by atoms with Crippen molar-refractivity contribution in [2.75, 3.05) is 13.2 Å². The van der Waals surface area contributed by atoms with E-state index < -0.39 is 32.5 Å². The SMILES string of the molecule is CCCCC/C=C\C/C=C\C/C=C\C/C=C\CCCCCC(=O)O[C@H](COC(=O)CCCCCCC/C=C\C/C=C\CCCCC)COP(=O)(O)O. The Hall–Kier alpha value is -2.51. The summed E-state index contributed by atoms with van der Waals surface area (Å²) < 4.78 is 26.3. The molecule has 0 unspecified atom stereocenters. The Kier molecular flexibility index (Phi) is 36.4. The largest absolute Gasteiger partial charge is 0.469 e. The van der Waals surface area contributed by atoms with Crippen LogP contribution in [0, 0.1) is 0 Å². The zero-order valence-corrected chi connectivity index (χ0v) is 33.6. The highest BCUT2D eigenvalue weighted by molar-refractivity contribution is 7.46. The Morgan fingerprint density at radius 1 is 0.500 bits per heavy atom. The van der Waals surface area contributed by atoms with E-state index in [2.05, 4.69) is 91.3 Å². The van der Waals surface area contributed by atoms with E-state index in [-0.39, 0.29) is 19.4 Å². The normalized spacial score (nSPS) is 13.2. The Morgan fingerprint density at radius 3 is 1.31 bits per heavy atom. The smallest absolute Gasteiger partial charge is 0.462 e. The van der Waals surface area contributed by atoms with Gasteiger partial charge in [-0.2, -0.15) is 0 Å². The monoisotopic (exact) mass is 749 g/mol. The number of hydrogen-bond acceptors (Lipinski definition) is 6. The Morgan fingerprint density at radius 2 is 0.865 bits per heavy atom. The maximum Gasteiger partial charge on any atom is 0.469 e. The molecule has 0 bridgehead atoms. The van der Waals surface area contributed by atoms with Gasteiger partial charge in [0.05, 0.1) is 6.61 Å². The molecule has 0 spiro atoms. The number of phosphoric acid groups is 1. The fraction of sp³-hybridized carbons (Fsp3) is 0.674. The highest BCUT2D eigenvalue weighted by Crippen LogP contribution is 2.36. The molecular formula is C43H73O8P. The first-order chi connectivity index (χ1) is 25.3. The summed E-state index contributed by atoms with van der Waals surface area (Å²) in [6.45, 7) is 3.58. The molecule has 0 heterocycles. The summed E-state index contributed by atoms with van der Waals surface area (Å²) in [5.74, 6) is -0.943. The third kappa shape index (κ3) is 40.3. The average molecular weight is 749 g/mol. The van der Waals surface area contributed by atoms with Crippen molar-refractivity contribution >= 4 is 19.8 Å². The first-order valence-electron chi connectivity index (χ1n) is 20.2. The number of rotatable bonds is 36. The molecule has 1 atom stereocenters. The number of ether oxygens (including phenoxy) is 2. The molecule has 2 N–H and O–H groups in total. The predicted octanol–water partition coefficient (Wildman–Crippen LogP) is 12.3. The summed E-state index contributed by atoms with van der Waals surface area (Å²) in [6, 6.07) is 0. The molecule has 52 heavy (non-hydrogen) atoms. The molecule has 0 aromatic heterocycles. The van der Waals surface area contributed by atoms with Gasteiger partial charge >= 0.3 is 19.8 Å². The van der Waals surface area contributed by atoms with Crippen molar-refractivity contribution in [2.24, 2.45) is 0 Å². The van der Waals surface area contributed by atoms with Gasteiger partial charge in [0.1, 0.15) is 6.61 Å². The Balaban J connectivity index is 4.06. The number of hydrogen-bond donors (Lipinski definition) is 2. The molecule has 0 aliphatic heterocycles. The van der Waals surface area contributed by atoms with Gasteiger partial charge in [0, 0.05) is 12.8 Å². The number of carbonyl (C=O) groups excluding carboxylic acids is 2. The van der Waals surface area contributed by atoms with Crippen LogP contribution in [0.3, 0.4) is 0 Å². The van der Waals surface area contributed by atoms with Gasteiger partial charge in [0.15, 0.2) is 6.10 Å². The quantitative estimate of drug-likeness (QED) is 0.0281. The van der Waals surface area contributed by atoms with Crippen LogP contribution in [0.5, 0.6) is 0 Å². The molecule has 0 rings (SSSR count). The number of esters is 2. The summed E-state index contributed by atoms with van der Waals surface area (Å²) in [5, 5.41) is 0. The lowest BCUT2D eigenvalue weighted by Gasteiger charge is -2.18. The van der Waals surface area contributed by atoms with Crippen molar-refractivity contribution in [1.29, 1.82) is 0 Å². The molecule has 9 heteroatoms. The van der Waals surface area contributed by atoms with Crippen molar-refractivity contribution in [3.05, 3.63) is 72.9 Å². The second-order valence-corrected chi connectivity index (χ2v) is 14.5. The van der Waals surface area contributed by atoms with Crippen LogP contribution in [0.2, 0.25) is 0 Å². The summed E-state index contributed by atoms with van der Waals surface area (Å²) in [4.78, 5) is 42.8. The first kappa shape index (κ1) is 49.5.